The molecule has 0 radical (unpaired) electrons. The van der Waals surface area contributed by atoms with E-state index in [1.165, 1.54) is 0 Å². The Morgan fingerprint density at radius 2 is 2.38 bits per heavy atom. The standard InChI is InChI=1S/C13H18BrNO/c1-2-13(16,12-7-4-8-15-12)10-5-3-6-11(14)9-10/h3,5-6,9,12,15-16H,2,4,7-8H2,1H3. The predicted octanol–water partition coefficient (Wildman–Crippen LogP) is 2.80. The molecule has 2 N–H and O–H groups in total. The monoisotopic (exact) mass is 283 g/mol. The highest BCUT2D eigenvalue weighted by atomic mass is 79.9. The van der Waals surface area contributed by atoms with E-state index in [2.05, 4.69) is 21.2 Å². The molecular weight excluding hydrogens is 266 g/mol. The van der Waals surface area contributed by atoms with Gasteiger partial charge in [0.25, 0.3) is 0 Å². The number of hydrogen-bond donors (Lipinski definition) is 2. The van der Waals surface area contributed by atoms with E-state index in [1.807, 2.05) is 31.2 Å². The van der Waals surface area contributed by atoms with Crippen molar-refractivity contribution in [2.24, 2.45) is 0 Å². The maximum atomic E-state index is 10.8. The summed E-state index contributed by atoms with van der Waals surface area (Å²) in [5, 5.41) is 14.2. The molecule has 2 rings (SSSR count). The second-order valence-corrected chi connectivity index (χ2v) is 5.35. The molecule has 0 amide bonds. The lowest BCUT2D eigenvalue weighted by molar-refractivity contribution is -0.00122. The molecule has 0 saturated carbocycles. The molecule has 1 saturated heterocycles. The molecule has 1 aromatic carbocycles. The lowest BCUT2D eigenvalue weighted by Gasteiger charge is -2.34. The average Bonchev–Trinajstić information content (AvgIpc) is 2.82. The van der Waals surface area contributed by atoms with Crippen molar-refractivity contribution in [3.63, 3.8) is 0 Å². The molecule has 2 nitrogen and oxygen atoms in total. The van der Waals surface area contributed by atoms with E-state index in [4.69, 9.17) is 0 Å². The molecular formula is C13H18BrNO. The topological polar surface area (TPSA) is 32.3 Å². The maximum absolute atomic E-state index is 10.8. The summed E-state index contributed by atoms with van der Waals surface area (Å²) in [5.74, 6) is 0. The van der Waals surface area contributed by atoms with Crippen molar-refractivity contribution >= 4 is 15.9 Å². The summed E-state index contributed by atoms with van der Waals surface area (Å²) in [5.41, 5.74) is 0.268. The molecule has 1 aliphatic heterocycles. The van der Waals surface area contributed by atoms with Crippen molar-refractivity contribution in [3.8, 4) is 0 Å². The number of benzene rings is 1. The average molecular weight is 284 g/mol. The third kappa shape index (κ3) is 2.17. The molecule has 1 fully saturated rings. The number of rotatable bonds is 3. The highest BCUT2D eigenvalue weighted by Gasteiger charge is 2.38. The Hall–Kier alpha value is -0.380. The number of halogens is 1. The van der Waals surface area contributed by atoms with Crippen LogP contribution in [0.1, 0.15) is 31.7 Å². The van der Waals surface area contributed by atoms with Gasteiger partial charge in [0.15, 0.2) is 0 Å². The Balaban J connectivity index is 2.32. The van der Waals surface area contributed by atoms with Crippen molar-refractivity contribution in [1.82, 2.24) is 5.32 Å². The van der Waals surface area contributed by atoms with Crippen LogP contribution in [0.15, 0.2) is 28.7 Å². The Morgan fingerprint density at radius 1 is 1.56 bits per heavy atom. The van der Waals surface area contributed by atoms with Gasteiger partial charge in [0.1, 0.15) is 5.60 Å². The smallest absolute Gasteiger partial charge is 0.105 e. The minimum atomic E-state index is -0.736. The number of aliphatic hydroxyl groups is 1. The molecule has 0 aliphatic carbocycles. The maximum Gasteiger partial charge on any atom is 0.105 e. The van der Waals surface area contributed by atoms with Crippen molar-refractivity contribution < 1.29 is 5.11 Å². The first-order chi connectivity index (χ1) is 7.66. The minimum Gasteiger partial charge on any atom is -0.384 e. The Bertz CT molecular complexity index is 363. The third-order valence-corrected chi connectivity index (χ3v) is 3.99. The summed E-state index contributed by atoms with van der Waals surface area (Å²) in [6, 6.07) is 8.18. The van der Waals surface area contributed by atoms with E-state index < -0.39 is 5.60 Å². The Kier molecular flexibility index (Phi) is 3.67. The van der Waals surface area contributed by atoms with Crippen LogP contribution >= 0.6 is 15.9 Å². The predicted molar refractivity (Wildman–Crippen MR) is 69.4 cm³/mol. The SMILES string of the molecule is CCC(O)(c1cccc(Br)c1)C1CCCN1. The molecule has 88 valence electrons. The molecule has 0 aromatic heterocycles. The van der Waals surface area contributed by atoms with E-state index in [-0.39, 0.29) is 6.04 Å². The van der Waals surface area contributed by atoms with Gasteiger partial charge >= 0.3 is 0 Å². The van der Waals surface area contributed by atoms with Crippen LogP contribution in [0, 0.1) is 0 Å². The van der Waals surface area contributed by atoms with E-state index in [0.717, 1.165) is 35.8 Å². The molecule has 16 heavy (non-hydrogen) atoms. The molecule has 0 bridgehead atoms. The van der Waals surface area contributed by atoms with Gasteiger partial charge in [0.2, 0.25) is 0 Å². The lowest BCUT2D eigenvalue weighted by atomic mass is 9.83. The van der Waals surface area contributed by atoms with Crippen molar-refractivity contribution in [3.05, 3.63) is 34.3 Å². The second kappa shape index (κ2) is 4.86. The summed E-state index contributed by atoms with van der Waals surface area (Å²) in [7, 11) is 0. The van der Waals surface area contributed by atoms with Crippen LogP contribution in [0.25, 0.3) is 0 Å². The third-order valence-electron chi connectivity index (χ3n) is 3.50. The number of nitrogens with one attached hydrogen (secondary N) is 1. The van der Waals surface area contributed by atoms with Crippen molar-refractivity contribution in [2.75, 3.05) is 6.54 Å². The lowest BCUT2D eigenvalue weighted by Crippen LogP contribution is -2.44. The van der Waals surface area contributed by atoms with Gasteiger partial charge in [-0.3, -0.25) is 0 Å². The van der Waals surface area contributed by atoms with Crippen molar-refractivity contribution in [2.45, 2.75) is 37.8 Å². The van der Waals surface area contributed by atoms with Crippen LogP contribution < -0.4 is 5.32 Å². The summed E-state index contributed by atoms with van der Waals surface area (Å²) >= 11 is 3.46. The number of hydrogen-bond acceptors (Lipinski definition) is 2. The van der Waals surface area contributed by atoms with Gasteiger partial charge in [0.05, 0.1) is 0 Å². The van der Waals surface area contributed by atoms with Crippen LogP contribution in [0.3, 0.4) is 0 Å². The zero-order chi connectivity index (χ0) is 11.6. The Labute approximate surface area is 105 Å². The molecule has 0 spiro atoms. The van der Waals surface area contributed by atoms with Crippen LogP contribution in [-0.2, 0) is 5.60 Å². The summed E-state index contributed by atoms with van der Waals surface area (Å²) in [6.07, 6.45) is 2.94. The molecule has 3 heteroatoms. The van der Waals surface area contributed by atoms with Crippen LogP contribution in [0.4, 0.5) is 0 Å². The van der Waals surface area contributed by atoms with E-state index in [0.29, 0.717) is 0 Å². The first kappa shape index (κ1) is 12.1. The highest BCUT2D eigenvalue weighted by Crippen LogP contribution is 2.34. The van der Waals surface area contributed by atoms with Gasteiger partial charge < -0.3 is 10.4 Å². The molecule has 1 heterocycles. The first-order valence-corrected chi connectivity index (χ1v) is 6.68. The largest absolute Gasteiger partial charge is 0.384 e. The Morgan fingerprint density at radius 3 is 2.94 bits per heavy atom. The fourth-order valence-corrected chi connectivity index (χ4v) is 2.90. The van der Waals surface area contributed by atoms with Gasteiger partial charge in [-0.05, 0) is 43.5 Å². The summed E-state index contributed by atoms with van der Waals surface area (Å²) in [4.78, 5) is 0. The first-order valence-electron chi connectivity index (χ1n) is 5.88. The molecule has 1 aromatic rings. The van der Waals surface area contributed by atoms with E-state index in [9.17, 15) is 5.11 Å². The zero-order valence-electron chi connectivity index (χ0n) is 9.54. The molecule has 2 unspecified atom stereocenters. The van der Waals surface area contributed by atoms with E-state index >= 15 is 0 Å². The van der Waals surface area contributed by atoms with Gasteiger partial charge in [-0.1, -0.05) is 35.0 Å². The normalized spacial score (nSPS) is 24.3. The molecule has 1 aliphatic rings. The fraction of sp³-hybridized carbons (Fsp3) is 0.538. The second-order valence-electron chi connectivity index (χ2n) is 4.44. The van der Waals surface area contributed by atoms with Gasteiger partial charge in [-0.25, -0.2) is 0 Å². The van der Waals surface area contributed by atoms with Gasteiger partial charge in [0, 0.05) is 10.5 Å². The quantitative estimate of drug-likeness (QED) is 0.894. The minimum absolute atomic E-state index is 0.187. The summed E-state index contributed by atoms with van der Waals surface area (Å²) in [6.45, 7) is 3.06. The van der Waals surface area contributed by atoms with Crippen LogP contribution in [-0.4, -0.2) is 17.7 Å². The molecule has 2 atom stereocenters. The van der Waals surface area contributed by atoms with Gasteiger partial charge in [-0.2, -0.15) is 0 Å². The van der Waals surface area contributed by atoms with Gasteiger partial charge in [-0.15, -0.1) is 0 Å². The van der Waals surface area contributed by atoms with Crippen LogP contribution in [0.5, 0.6) is 0 Å². The fourth-order valence-electron chi connectivity index (χ4n) is 2.50. The highest BCUT2D eigenvalue weighted by molar-refractivity contribution is 9.10. The summed E-state index contributed by atoms with van der Waals surface area (Å²) < 4.78 is 1.02. The van der Waals surface area contributed by atoms with Crippen LogP contribution in [0.2, 0.25) is 0 Å². The van der Waals surface area contributed by atoms with E-state index in [1.54, 1.807) is 0 Å². The zero-order valence-corrected chi connectivity index (χ0v) is 11.1. The van der Waals surface area contributed by atoms with Crippen molar-refractivity contribution in [1.29, 1.82) is 0 Å².